The lowest BCUT2D eigenvalue weighted by Gasteiger charge is -2.35. The van der Waals surface area contributed by atoms with E-state index in [2.05, 4.69) is 38.1 Å². The first-order valence-corrected chi connectivity index (χ1v) is 18.9. The Morgan fingerprint density at radius 3 is 1.61 bits per heavy atom. The first kappa shape index (κ1) is 35.6. The fourth-order valence-corrected chi connectivity index (χ4v) is 8.88. The van der Waals surface area contributed by atoms with Crippen LogP contribution in [-0.2, 0) is 11.8 Å². The van der Waals surface area contributed by atoms with E-state index in [0.29, 0.717) is 28.2 Å². The van der Waals surface area contributed by atoms with Gasteiger partial charge >= 0.3 is 0 Å². The van der Waals surface area contributed by atoms with E-state index in [1.807, 2.05) is 86.0 Å². The second-order valence-corrected chi connectivity index (χ2v) is 16.0. The number of benzene rings is 7. The van der Waals surface area contributed by atoms with Crippen LogP contribution in [0.25, 0.3) is 32.7 Å². The maximum Gasteiger partial charge on any atom is 0.137 e. The molecule has 8 aromatic rings. The second-order valence-electron chi connectivity index (χ2n) is 16.0. The summed E-state index contributed by atoms with van der Waals surface area (Å²) < 4.78 is 65.9. The molecule has 3 nitrogen and oxygen atoms in total. The maximum atomic E-state index is 14.8. The number of anilines is 6. The third-order valence-corrected chi connectivity index (χ3v) is 11.3. The summed E-state index contributed by atoms with van der Waals surface area (Å²) in [5, 5.41) is 4.10. The fraction of sp³-hybridized carbons (Fsp3) is 0.184. The predicted molar refractivity (Wildman–Crippen MR) is 221 cm³/mol. The van der Waals surface area contributed by atoms with Crippen molar-refractivity contribution < 1.29 is 22.0 Å². The van der Waals surface area contributed by atoms with Crippen molar-refractivity contribution in [3.05, 3.63) is 166 Å². The number of halogens is 4. The van der Waals surface area contributed by atoms with Gasteiger partial charge in [-0.05, 0) is 146 Å². The molecule has 9 rings (SSSR count). The van der Waals surface area contributed by atoms with Crippen molar-refractivity contribution in [2.24, 2.45) is 0 Å². The number of rotatable bonds is 6. The Kier molecular flexibility index (Phi) is 8.27. The lowest BCUT2D eigenvalue weighted by atomic mass is 9.70. The minimum atomic E-state index is -0.665. The van der Waals surface area contributed by atoms with Gasteiger partial charge in [0, 0.05) is 51.7 Å². The smallest absolute Gasteiger partial charge is 0.137 e. The van der Waals surface area contributed by atoms with Gasteiger partial charge in [0.25, 0.3) is 0 Å². The Balaban J connectivity index is 1.28. The summed E-state index contributed by atoms with van der Waals surface area (Å²) in [6.45, 7) is 12.6. The molecular weight excluding hydrogens is 709 g/mol. The van der Waals surface area contributed by atoms with E-state index < -0.39 is 23.3 Å². The Morgan fingerprint density at radius 2 is 1.05 bits per heavy atom. The van der Waals surface area contributed by atoms with Crippen molar-refractivity contribution in [1.82, 2.24) is 0 Å². The van der Waals surface area contributed by atoms with Gasteiger partial charge in [-0.25, -0.2) is 17.6 Å². The van der Waals surface area contributed by atoms with Gasteiger partial charge in [-0.3, -0.25) is 0 Å². The maximum absolute atomic E-state index is 14.8. The van der Waals surface area contributed by atoms with E-state index in [1.165, 1.54) is 29.8 Å². The molecular formula is C49H40F4N2O. The van der Waals surface area contributed by atoms with Gasteiger partial charge in [0.2, 0.25) is 0 Å². The molecule has 0 N–H and O–H groups in total. The third kappa shape index (κ3) is 5.97. The molecule has 0 aliphatic heterocycles. The SMILES string of the molecule is Cc1ccc(N(c2cc(F)cc(F)c2)c2cc3c4c(c5c(cc4c2)oc2cc(N(c4cc(F)cc(F)c4)c4ccc(C)cc4C)ccc25)C(C)(C)CC3)c(C)c1. The minimum absolute atomic E-state index is 0.204. The Labute approximate surface area is 323 Å². The molecule has 0 radical (unpaired) electrons. The molecule has 0 saturated heterocycles. The summed E-state index contributed by atoms with van der Waals surface area (Å²) in [5.41, 5.74) is 11.5. The molecule has 56 heavy (non-hydrogen) atoms. The molecule has 7 aromatic carbocycles. The molecule has 7 heteroatoms. The molecule has 0 saturated carbocycles. The number of fused-ring (bicyclic) bond motifs is 4. The zero-order valence-corrected chi connectivity index (χ0v) is 32.1. The van der Waals surface area contributed by atoms with Crippen molar-refractivity contribution >= 4 is 66.8 Å². The summed E-state index contributed by atoms with van der Waals surface area (Å²) in [4.78, 5) is 3.79. The third-order valence-electron chi connectivity index (χ3n) is 11.3. The average Bonchev–Trinajstić information content (AvgIpc) is 3.48. The van der Waals surface area contributed by atoms with Crippen molar-refractivity contribution in [1.29, 1.82) is 0 Å². The van der Waals surface area contributed by atoms with Crippen molar-refractivity contribution in [2.45, 2.75) is 59.8 Å². The van der Waals surface area contributed by atoms with Crippen molar-refractivity contribution in [2.75, 3.05) is 9.80 Å². The monoisotopic (exact) mass is 748 g/mol. The van der Waals surface area contributed by atoms with E-state index in [0.717, 1.165) is 91.4 Å². The Hall–Kier alpha value is -6.08. The predicted octanol–water partition coefficient (Wildman–Crippen LogP) is 14.7. The first-order chi connectivity index (χ1) is 26.7. The summed E-state index contributed by atoms with van der Waals surface area (Å²) in [6.07, 6.45) is 1.70. The van der Waals surface area contributed by atoms with E-state index in [1.54, 1.807) is 0 Å². The Morgan fingerprint density at radius 1 is 0.518 bits per heavy atom. The first-order valence-electron chi connectivity index (χ1n) is 18.9. The number of hydrogen-bond acceptors (Lipinski definition) is 3. The lowest BCUT2D eigenvalue weighted by Crippen LogP contribution is -2.23. The number of hydrogen-bond donors (Lipinski definition) is 0. The van der Waals surface area contributed by atoms with E-state index in [4.69, 9.17) is 4.42 Å². The topological polar surface area (TPSA) is 19.6 Å². The highest BCUT2D eigenvalue weighted by atomic mass is 19.1. The van der Waals surface area contributed by atoms with Gasteiger partial charge in [0.05, 0.1) is 11.4 Å². The molecule has 1 aliphatic rings. The molecule has 0 bridgehead atoms. The van der Waals surface area contributed by atoms with Gasteiger partial charge in [-0.2, -0.15) is 0 Å². The lowest BCUT2D eigenvalue weighted by molar-refractivity contribution is 0.478. The van der Waals surface area contributed by atoms with E-state index in [9.17, 15) is 17.6 Å². The summed E-state index contributed by atoms with van der Waals surface area (Å²) in [7, 11) is 0. The summed E-state index contributed by atoms with van der Waals surface area (Å²) in [6, 6.07) is 31.5. The van der Waals surface area contributed by atoms with Crippen LogP contribution in [0.3, 0.4) is 0 Å². The van der Waals surface area contributed by atoms with E-state index in [-0.39, 0.29) is 5.41 Å². The molecule has 1 aromatic heterocycles. The van der Waals surface area contributed by atoms with Crippen LogP contribution >= 0.6 is 0 Å². The van der Waals surface area contributed by atoms with Crippen LogP contribution in [0.5, 0.6) is 0 Å². The molecule has 1 aliphatic carbocycles. The zero-order chi connectivity index (χ0) is 39.2. The molecule has 0 spiro atoms. The summed E-state index contributed by atoms with van der Waals surface area (Å²) in [5.74, 6) is -2.63. The van der Waals surface area contributed by atoms with Crippen LogP contribution in [0.2, 0.25) is 0 Å². The molecule has 1 heterocycles. The van der Waals surface area contributed by atoms with Crippen molar-refractivity contribution in [3.8, 4) is 0 Å². The van der Waals surface area contributed by atoms with Crippen molar-refractivity contribution in [3.63, 3.8) is 0 Å². The van der Waals surface area contributed by atoms with E-state index >= 15 is 0 Å². The molecule has 0 amide bonds. The highest BCUT2D eigenvalue weighted by molar-refractivity contribution is 6.15. The van der Waals surface area contributed by atoms with Gasteiger partial charge in [-0.15, -0.1) is 0 Å². The highest BCUT2D eigenvalue weighted by Crippen LogP contribution is 2.51. The van der Waals surface area contributed by atoms with Crippen LogP contribution in [-0.4, -0.2) is 0 Å². The molecule has 280 valence electrons. The zero-order valence-electron chi connectivity index (χ0n) is 32.1. The normalized spacial score (nSPS) is 13.5. The van der Waals surface area contributed by atoms with Gasteiger partial charge in [0.15, 0.2) is 0 Å². The molecule has 0 atom stereocenters. The second kappa shape index (κ2) is 13.0. The van der Waals surface area contributed by atoms with Gasteiger partial charge < -0.3 is 14.2 Å². The van der Waals surface area contributed by atoms with Crippen LogP contribution < -0.4 is 9.80 Å². The Bertz CT molecular complexity index is 2870. The molecule has 0 fully saturated rings. The van der Waals surface area contributed by atoms with Gasteiger partial charge in [0.1, 0.15) is 34.4 Å². The summed E-state index contributed by atoms with van der Waals surface area (Å²) >= 11 is 0. The number of furan rings is 1. The van der Waals surface area contributed by atoms with Crippen LogP contribution in [0.15, 0.2) is 114 Å². The standard InChI is InChI=1S/C49H40F4N2O/c1-27-7-11-42(29(3)15-27)54(39-22-33(50)20-34(51)23-39)37-9-10-41-44(26-37)56-45-19-32-18-38(17-31-13-14-49(5,6)48(46(31)32)47(41)45)55(40-24-35(52)21-36(53)25-40)43-12-8-28(2)16-30(43)4/h7-12,15-26H,13-14H2,1-6H3. The largest absolute Gasteiger partial charge is 0.456 e. The quantitative estimate of drug-likeness (QED) is 0.158. The van der Waals surface area contributed by atoms with Crippen LogP contribution in [0.1, 0.15) is 53.6 Å². The fourth-order valence-electron chi connectivity index (χ4n) is 8.88. The highest BCUT2D eigenvalue weighted by Gasteiger charge is 2.33. The minimum Gasteiger partial charge on any atom is -0.456 e. The van der Waals surface area contributed by atoms with Gasteiger partial charge in [-0.1, -0.05) is 49.2 Å². The molecule has 0 unspecified atom stereocenters. The average molecular weight is 749 g/mol. The number of nitrogens with zero attached hydrogens (tertiary/aromatic N) is 2. The van der Waals surface area contributed by atoms with Crippen LogP contribution in [0.4, 0.5) is 51.7 Å². The van der Waals surface area contributed by atoms with Crippen LogP contribution in [0, 0.1) is 51.0 Å². The number of aryl methyl sites for hydroxylation is 5.